The first-order valence-electron chi connectivity index (χ1n) is 9.31. The number of carbonyl (C=O) groups excluding carboxylic acids is 2. The molecule has 16 heteroatoms. The summed E-state index contributed by atoms with van der Waals surface area (Å²) in [5, 5.41) is 14.9. The predicted molar refractivity (Wildman–Crippen MR) is 114 cm³/mol. The average molecular weight is 494 g/mol. The number of β-lactam (4-membered cyclic amide) rings is 1. The Morgan fingerprint density at radius 3 is 2.79 bits per heavy atom. The first-order chi connectivity index (χ1) is 15.7. The molecular weight excluding hydrogens is 479 g/mol. The molecule has 0 bridgehead atoms. The molecule has 13 nitrogen and oxygen atoms in total. The van der Waals surface area contributed by atoms with Gasteiger partial charge in [0, 0.05) is 27.5 Å². The van der Waals surface area contributed by atoms with E-state index in [4.69, 9.17) is 11.5 Å². The highest BCUT2D eigenvalue weighted by molar-refractivity contribution is 8.03. The zero-order valence-electron chi connectivity index (χ0n) is 16.5. The number of nitrogens with one attached hydrogen (secondary N) is 1. The number of amides is 2. The van der Waals surface area contributed by atoms with Crippen LogP contribution in [-0.4, -0.2) is 54.2 Å². The molecule has 1 fully saturated rings. The number of carbonyl (C=O) groups is 3. The Morgan fingerprint density at radius 2 is 2.18 bits per heavy atom. The van der Waals surface area contributed by atoms with E-state index in [1.807, 2.05) is 0 Å². The van der Waals surface area contributed by atoms with Crippen LogP contribution in [0, 0.1) is 10.7 Å². The van der Waals surface area contributed by atoms with Gasteiger partial charge in [-0.25, -0.2) is 19.2 Å². The fraction of sp³-hybridized carbons (Fsp3) is 0.294. The molecule has 0 aromatic carbocycles. The SMILES string of the molecule is Nc1nc(C(N=O)C(=O)N[C@@H]2C(=O)N3C(C(=O)O)=C(Sc4cnc(N)c(F)c4)CCC23)ns1. The molecule has 2 aliphatic rings. The number of anilines is 2. The Kier molecular flexibility index (Phi) is 5.94. The number of thioether (sulfide) groups is 1. The van der Waals surface area contributed by atoms with Crippen molar-refractivity contribution in [2.45, 2.75) is 35.9 Å². The smallest absolute Gasteiger partial charge is 0.353 e. The third-order valence-corrected chi connectivity index (χ3v) is 6.69. The van der Waals surface area contributed by atoms with Crippen LogP contribution in [0.3, 0.4) is 0 Å². The molecule has 2 unspecified atom stereocenters. The summed E-state index contributed by atoms with van der Waals surface area (Å²) in [6.07, 6.45) is 1.87. The Bertz CT molecular complexity index is 1200. The Balaban J connectivity index is 1.52. The second-order valence-corrected chi connectivity index (χ2v) is 8.97. The summed E-state index contributed by atoms with van der Waals surface area (Å²) in [6.45, 7) is 0. The molecule has 0 radical (unpaired) electrons. The van der Waals surface area contributed by atoms with Gasteiger partial charge in [-0.05, 0) is 24.1 Å². The standard InChI is InChI=1S/C17H15FN8O5S2/c18-6-3-5(4-21-12(6)19)32-8-2-1-7-9(15(28)26(7)11(8)16(29)30)22-14(27)10(24-31)13-23-17(20)33-25-13/h3-4,7,9-10H,1-2H2,(H2,19,21)(H,22,27)(H,29,30)(H2,20,23,25)/t7?,9-,10?/m0/s1. The number of nitrogens with two attached hydrogens (primary N) is 2. The lowest BCUT2D eigenvalue weighted by Gasteiger charge is -2.50. The van der Waals surface area contributed by atoms with Crippen molar-refractivity contribution in [3.05, 3.63) is 39.4 Å². The molecule has 3 atom stereocenters. The third kappa shape index (κ3) is 4.09. The van der Waals surface area contributed by atoms with Gasteiger partial charge >= 0.3 is 5.97 Å². The predicted octanol–water partition coefficient (Wildman–Crippen LogP) is 0.622. The summed E-state index contributed by atoms with van der Waals surface area (Å²) >= 11 is 1.75. The Morgan fingerprint density at radius 1 is 1.42 bits per heavy atom. The van der Waals surface area contributed by atoms with Crippen LogP contribution in [0.1, 0.15) is 24.7 Å². The monoisotopic (exact) mass is 494 g/mol. The van der Waals surface area contributed by atoms with Gasteiger partial charge in [-0.15, -0.1) is 4.91 Å². The van der Waals surface area contributed by atoms with Crippen molar-refractivity contribution < 1.29 is 23.9 Å². The van der Waals surface area contributed by atoms with E-state index in [2.05, 4.69) is 24.8 Å². The summed E-state index contributed by atoms with van der Waals surface area (Å²) in [6, 6.07) is -2.16. The Hall–Kier alpha value is -3.66. The van der Waals surface area contributed by atoms with Crippen molar-refractivity contribution >= 4 is 52.0 Å². The lowest BCUT2D eigenvalue weighted by atomic mass is 9.86. The quantitative estimate of drug-likeness (QED) is 0.310. The van der Waals surface area contributed by atoms with Gasteiger partial charge in [0.2, 0.25) is 6.04 Å². The molecule has 6 N–H and O–H groups in total. The topological polar surface area (TPSA) is 207 Å². The molecule has 172 valence electrons. The molecular formula is C17H15FN8O5S2. The van der Waals surface area contributed by atoms with Crippen molar-refractivity contribution in [3.63, 3.8) is 0 Å². The Labute approximate surface area is 192 Å². The summed E-state index contributed by atoms with van der Waals surface area (Å²) in [7, 11) is 0. The number of nitrogens with zero attached hydrogens (tertiary/aromatic N) is 5. The number of carboxylic acids is 1. The molecule has 2 aromatic rings. The fourth-order valence-corrected chi connectivity index (χ4v) is 5.08. The highest BCUT2D eigenvalue weighted by Gasteiger charge is 2.54. The van der Waals surface area contributed by atoms with Crippen LogP contribution in [0.15, 0.2) is 32.9 Å². The number of hydrogen-bond acceptors (Lipinski definition) is 12. The minimum absolute atomic E-state index is 0.0436. The highest BCUT2D eigenvalue weighted by atomic mass is 32.2. The fourth-order valence-electron chi connectivity index (χ4n) is 3.56. The van der Waals surface area contributed by atoms with Gasteiger partial charge in [0.05, 0.1) is 6.04 Å². The largest absolute Gasteiger partial charge is 0.477 e. The van der Waals surface area contributed by atoms with E-state index in [1.165, 1.54) is 6.20 Å². The number of allylic oxidation sites excluding steroid dienone is 1. The number of carboxylic acid groups (broad SMARTS) is 1. The highest BCUT2D eigenvalue weighted by Crippen LogP contribution is 2.43. The number of aromatic nitrogens is 3. The van der Waals surface area contributed by atoms with Crippen LogP contribution in [-0.2, 0) is 14.4 Å². The molecule has 4 rings (SSSR count). The van der Waals surface area contributed by atoms with E-state index in [0.717, 1.165) is 34.3 Å². The molecule has 2 aromatic heterocycles. The number of rotatable bonds is 7. The van der Waals surface area contributed by atoms with Gasteiger partial charge in [0.25, 0.3) is 11.8 Å². The third-order valence-electron chi connectivity index (χ3n) is 5.03. The maximum absolute atomic E-state index is 13.7. The molecule has 0 saturated carbocycles. The van der Waals surface area contributed by atoms with Gasteiger partial charge < -0.3 is 21.9 Å². The van der Waals surface area contributed by atoms with Crippen LogP contribution >= 0.6 is 23.3 Å². The summed E-state index contributed by atoms with van der Waals surface area (Å²) in [4.78, 5) is 57.5. The molecule has 33 heavy (non-hydrogen) atoms. The normalized spacial score (nSPS) is 20.6. The number of pyridine rings is 1. The molecule has 0 aliphatic carbocycles. The number of fused-ring (bicyclic) bond motifs is 1. The molecule has 0 spiro atoms. The number of nitroso groups, excluding NO2 is 1. The van der Waals surface area contributed by atoms with Crippen LogP contribution < -0.4 is 16.8 Å². The zero-order chi connectivity index (χ0) is 23.9. The van der Waals surface area contributed by atoms with E-state index in [0.29, 0.717) is 16.2 Å². The van der Waals surface area contributed by atoms with Crippen molar-refractivity contribution in [1.82, 2.24) is 24.6 Å². The van der Waals surface area contributed by atoms with Crippen LogP contribution in [0.2, 0.25) is 0 Å². The van der Waals surface area contributed by atoms with Crippen molar-refractivity contribution in [3.8, 4) is 0 Å². The van der Waals surface area contributed by atoms with Gasteiger partial charge in [-0.3, -0.25) is 14.5 Å². The van der Waals surface area contributed by atoms with Crippen LogP contribution in [0.4, 0.5) is 15.3 Å². The minimum atomic E-state index is -1.60. The van der Waals surface area contributed by atoms with E-state index in [9.17, 15) is 28.8 Å². The van der Waals surface area contributed by atoms with Crippen molar-refractivity contribution in [1.29, 1.82) is 0 Å². The maximum atomic E-state index is 13.7. The number of halogens is 1. The molecule has 2 aliphatic heterocycles. The first-order valence-corrected chi connectivity index (χ1v) is 10.9. The maximum Gasteiger partial charge on any atom is 0.353 e. The number of nitrogen functional groups attached to an aromatic ring is 2. The molecule has 4 heterocycles. The van der Waals surface area contributed by atoms with Crippen LogP contribution in [0.25, 0.3) is 0 Å². The van der Waals surface area contributed by atoms with Crippen LogP contribution in [0.5, 0.6) is 0 Å². The summed E-state index contributed by atoms with van der Waals surface area (Å²) in [5.41, 5.74) is 10.6. The second kappa shape index (κ2) is 8.70. The summed E-state index contributed by atoms with van der Waals surface area (Å²) < 4.78 is 17.5. The van der Waals surface area contributed by atoms with E-state index in [-0.39, 0.29) is 28.9 Å². The number of hydrogen-bond donors (Lipinski definition) is 4. The van der Waals surface area contributed by atoms with Gasteiger partial charge in [-0.2, -0.15) is 4.37 Å². The van der Waals surface area contributed by atoms with E-state index in [1.54, 1.807) is 0 Å². The van der Waals surface area contributed by atoms with Crippen molar-refractivity contribution in [2.24, 2.45) is 5.18 Å². The zero-order valence-corrected chi connectivity index (χ0v) is 18.1. The summed E-state index contributed by atoms with van der Waals surface area (Å²) in [5.74, 6) is -4.13. The average Bonchev–Trinajstić information content (AvgIpc) is 3.20. The van der Waals surface area contributed by atoms with Gasteiger partial charge in [0.15, 0.2) is 22.6 Å². The first kappa shape index (κ1) is 22.5. The van der Waals surface area contributed by atoms with Crippen molar-refractivity contribution in [2.75, 3.05) is 11.5 Å². The second-order valence-electron chi connectivity index (χ2n) is 7.02. The lowest BCUT2D eigenvalue weighted by Crippen LogP contribution is -2.71. The minimum Gasteiger partial charge on any atom is -0.477 e. The number of aliphatic carboxylic acids is 1. The van der Waals surface area contributed by atoms with E-state index >= 15 is 0 Å². The lowest BCUT2D eigenvalue weighted by molar-refractivity contribution is -0.156. The molecule has 2 amide bonds. The van der Waals surface area contributed by atoms with Gasteiger partial charge in [-0.1, -0.05) is 11.8 Å². The molecule has 1 saturated heterocycles. The van der Waals surface area contributed by atoms with Gasteiger partial charge in [0.1, 0.15) is 11.7 Å². The van der Waals surface area contributed by atoms with E-state index < -0.39 is 41.7 Å².